The van der Waals surface area contributed by atoms with Crippen LogP contribution in [0.2, 0.25) is 0 Å². The summed E-state index contributed by atoms with van der Waals surface area (Å²) in [6, 6.07) is 19.3. The van der Waals surface area contributed by atoms with Crippen molar-refractivity contribution in [2.75, 3.05) is 0 Å². The van der Waals surface area contributed by atoms with Crippen molar-refractivity contribution in [3.05, 3.63) is 82.4 Å². The summed E-state index contributed by atoms with van der Waals surface area (Å²) in [5.41, 5.74) is 7.34. The Morgan fingerprint density at radius 2 is 1.08 bits per heavy atom. The molecular weight excluding hydrogens is 621 g/mol. The molecule has 0 nitrogen and oxygen atoms in total. The maximum Gasteiger partial charge on any atom is -0.0771 e. The largest absolute Gasteiger partial charge is 0.126 e. The van der Waals surface area contributed by atoms with Crippen LogP contribution in [0.4, 0.5) is 0 Å². The molecule has 0 aliphatic heterocycles. The standard InChI is InChI=1S/C13H9.C10H15.2HI.Zr/c1-3-7-12-10(5-1)9-11-6-2-4-8-13(11)12;1-6-7(2)9(4)10(5)8(6)3;;;/h1-9H;1-5H3;2*1H;/q2*-1;;;+4/p-2. The minimum atomic E-state index is 0.170. The Balaban J connectivity index is 0.000000168. The molecule has 0 amide bonds. The monoisotopic (exact) mass is 644 g/mol. The van der Waals surface area contributed by atoms with Crippen molar-refractivity contribution >= 4 is 57.6 Å². The number of hydrogen-bond donors (Lipinski definition) is 0. The van der Waals surface area contributed by atoms with Crippen LogP contribution < -0.4 is 0 Å². The minimum absolute atomic E-state index is 0.170. The third kappa shape index (κ3) is 5.08. The van der Waals surface area contributed by atoms with E-state index in [4.69, 9.17) is 0 Å². The molecule has 0 saturated heterocycles. The molecule has 0 spiro atoms. The summed E-state index contributed by atoms with van der Waals surface area (Å²) in [6.07, 6.45) is 0. The molecule has 0 radical (unpaired) electrons. The third-order valence-corrected chi connectivity index (χ3v) is 5.34. The second-order valence-corrected chi connectivity index (χ2v) is 25.5. The van der Waals surface area contributed by atoms with Gasteiger partial charge in [0.25, 0.3) is 0 Å². The van der Waals surface area contributed by atoms with Gasteiger partial charge in [0.1, 0.15) is 0 Å². The van der Waals surface area contributed by atoms with Gasteiger partial charge in [0.05, 0.1) is 0 Å². The molecule has 4 rings (SSSR count). The molecule has 0 atom stereocenters. The van der Waals surface area contributed by atoms with E-state index in [0.29, 0.717) is 0 Å². The normalized spacial score (nSPS) is 9.96. The van der Waals surface area contributed by atoms with E-state index in [0.717, 1.165) is 0 Å². The Kier molecular flexibility index (Phi) is 9.02. The summed E-state index contributed by atoms with van der Waals surface area (Å²) in [5, 5.41) is 5.39. The van der Waals surface area contributed by atoms with Gasteiger partial charge in [0, 0.05) is 0 Å². The van der Waals surface area contributed by atoms with Gasteiger partial charge in [-0.3, -0.25) is 0 Å². The Hall–Kier alpha value is 0.00312. The first-order valence-electron chi connectivity index (χ1n) is 8.61. The van der Waals surface area contributed by atoms with Gasteiger partial charge in [-0.25, -0.2) is 0 Å². The number of fused-ring (bicyclic) bond motifs is 3. The summed E-state index contributed by atoms with van der Waals surface area (Å²) >= 11 is 5.06. The SMILES string of the molecule is Cc1c(C)c(C)[c-](C)c1C.[I][Zr+2][I].c1ccc2c(c1)[cH-]c1ccccc12. The number of halogens is 2. The second-order valence-electron chi connectivity index (χ2n) is 6.52. The van der Waals surface area contributed by atoms with Crippen LogP contribution in [-0.4, -0.2) is 0 Å². The van der Waals surface area contributed by atoms with Gasteiger partial charge in [-0.15, -0.1) is 39.7 Å². The molecule has 0 N–H and O–H groups in total. The van der Waals surface area contributed by atoms with Gasteiger partial charge in [0.2, 0.25) is 0 Å². The zero-order valence-electron chi connectivity index (χ0n) is 16.0. The number of hydrogen-bond acceptors (Lipinski definition) is 0. The Morgan fingerprint density at radius 1 is 0.731 bits per heavy atom. The van der Waals surface area contributed by atoms with E-state index >= 15 is 0 Å². The third-order valence-electron chi connectivity index (χ3n) is 5.34. The zero-order valence-corrected chi connectivity index (χ0v) is 22.7. The fourth-order valence-electron chi connectivity index (χ4n) is 3.31. The van der Waals surface area contributed by atoms with E-state index in [1.54, 1.807) is 0 Å². The van der Waals surface area contributed by atoms with Crippen molar-refractivity contribution in [3.63, 3.8) is 0 Å². The summed E-state index contributed by atoms with van der Waals surface area (Å²) in [4.78, 5) is 0. The first-order valence-corrected chi connectivity index (χ1v) is 23.2. The molecule has 0 heterocycles. The van der Waals surface area contributed by atoms with Crippen molar-refractivity contribution in [1.29, 1.82) is 0 Å². The van der Waals surface area contributed by atoms with Crippen molar-refractivity contribution < 1.29 is 14.9 Å². The van der Waals surface area contributed by atoms with E-state index < -0.39 is 0 Å². The molecule has 3 heteroatoms. The Morgan fingerprint density at radius 3 is 1.38 bits per heavy atom. The fraction of sp³-hybridized carbons (Fsp3) is 0.217. The minimum Gasteiger partial charge on any atom is -0.126 e. The molecule has 0 fully saturated rings. The smallest absolute Gasteiger partial charge is 0.0771 e. The van der Waals surface area contributed by atoms with E-state index in [-0.39, 0.29) is 14.9 Å². The van der Waals surface area contributed by atoms with Crippen molar-refractivity contribution in [2.24, 2.45) is 0 Å². The predicted molar refractivity (Wildman–Crippen MR) is 131 cm³/mol. The van der Waals surface area contributed by atoms with Crippen LogP contribution in [0.15, 0.2) is 54.6 Å². The summed E-state index contributed by atoms with van der Waals surface area (Å²) in [7, 11) is 0. The summed E-state index contributed by atoms with van der Waals surface area (Å²) in [5.74, 6) is 0. The van der Waals surface area contributed by atoms with Crippen LogP contribution in [0, 0.1) is 34.6 Å². The molecule has 0 bridgehead atoms. The van der Waals surface area contributed by atoms with E-state index in [2.05, 4.69) is 125 Å². The molecule has 134 valence electrons. The topological polar surface area (TPSA) is 0 Å². The molecule has 4 aromatic rings. The molecule has 0 saturated carbocycles. The van der Waals surface area contributed by atoms with Gasteiger partial charge in [0.15, 0.2) is 0 Å². The maximum absolute atomic E-state index is 2.45. The van der Waals surface area contributed by atoms with Gasteiger partial charge in [-0.1, -0.05) is 71.0 Å². The molecule has 0 aromatic heterocycles. The van der Waals surface area contributed by atoms with Crippen LogP contribution in [-0.2, 0) is 14.9 Å². The van der Waals surface area contributed by atoms with Crippen molar-refractivity contribution in [3.8, 4) is 0 Å². The van der Waals surface area contributed by atoms with Crippen LogP contribution in [0.25, 0.3) is 21.5 Å². The number of benzene rings is 2. The van der Waals surface area contributed by atoms with Crippen molar-refractivity contribution in [1.82, 2.24) is 0 Å². The first kappa shape index (κ1) is 22.3. The Bertz CT molecular complexity index is 862. The van der Waals surface area contributed by atoms with Crippen LogP contribution in [0.1, 0.15) is 27.8 Å². The zero-order chi connectivity index (χ0) is 19.3. The summed E-state index contributed by atoms with van der Waals surface area (Å²) in [6.45, 7) is 11.0. The van der Waals surface area contributed by atoms with E-state index in [1.165, 1.54) is 49.4 Å². The van der Waals surface area contributed by atoms with Crippen molar-refractivity contribution in [2.45, 2.75) is 34.6 Å². The fourth-order valence-corrected chi connectivity index (χ4v) is 3.31. The van der Waals surface area contributed by atoms with Crippen LogP contribution in [0.3, 0.4) is 0 Å². The maximum atomic E-state index is 2.45. The van der Waals surface area contributed by atoms with Gasteiger partial charge < -0.3 is 0 Å². The van der Waals surface area contributed by atoms with Gasteiger partial charge in [-0.05, 0) is 0 Å². The van der Waals surface area contributed by atoms with Gasteiger partial charge in [-0.2, -0.15) is 27.8 Å². The molecule has 26 heavy (non-hydrogen) atoms. The van der Waals surface area contributed by atoms with Gasteiger partial charge >= 0.3 is 50.9 Å². The molecule has 0 aliphatic carbocycles. The first-order chi connectivity index (χ1) is 12.4. The molecule has 0 aliphatic rings. The van der Waals surface area contributed by atoms with E-state index in [9.17, 15) is 0 Å². The van der Waals surface area contributed by atoms with Crippen LogP contribution >= 0.6 is 36.1 Å². The molecular formula is C23H24I2Zr. The number of rotatable bonds is 0. The molecule has 4 aromatic carbocycles. The Labute approximate surface area is 187 Å². The summed E-state index contributed by atoms with van der Waals surface area (Å²) < 4.78 is 0. The predicted octanol–water partition coefficient (Wildman–Crippen LogP) is 8.43. The molecule has 0 unspecified atom stereocenters. The van der Waals surface area contributed by atoms with Crippen LogP contribution in [0.5, 0.6) is 0 Å². The van der Waals surface area contributed by atoms with E-state index in [1.807, 2.05) is 0 Å². The average Bonchev–Trinajstić information content (AvgIpc) is 3.11. The quantitative estimate of drug-likeness (QED) is 0.133. The second kappa shape index (κ2) is 10.5. The average molecular weight is 645 g/mol.